The average molecular weight is 1050 g/mol. The summed E-state index contributed by atoms with van der Waals surface area (Å²) in [7, 11) is 0. The van der Waals surface area contributed by atoms with E-state index in [-0.39, 0.29) is 101 Å². The van der Waals surface area contributed by atoms with Crippen LogP contribution in [0.1, 0.15) is 82.1 Å². The monoisotopic (exact) mass is 1040 g/mol. The summed E-state index contributed by atoms with van der Waals surface area (Å²) in [6.07, 6.45) is -2.68. The summed E-state index contributed by atoms with van der Waals surface area (Å²) in [4.78, 5) is 76.9. The van der Waals surface area contributed by atoms with Crippen molar-refractivity contribution in [1.29, 1.82) is 0 Å². The van der Waals surface area contributed by atoms with E-state index in [1.165, 1.54) is 0 Å². The van der Waals surface area contributed by atoms with Gasteiger partial charge >= 0.3 is 17.9 Å². The number of esters is 2. The van der Waals surface area contributed by atoms with Crippen LogP contribution in [0.5, 0.6) is 0 Å². The third-order valence-corrected chi connectivity index (χ3v) is 31.7. The molecule has 18 rings (SSSR count). The lowest BCUT2D eigenvalue weighted by atomic mass is 9.27. The van der Waals surface area contributed by atoms with Crippen LogP contribution >= 0.6 is 0 Å². The lowest BCUT2D eigenvalue weighted by molar-refractivity contribution is -0.358. The maximum absolute atomic E-state index is 16.3. The molecule has 46 unspecified atom stereocenters. The average Bonchev–Trinajstić information content (AvgIpc) is 4.07. The van der Waals surface area contributed by atoms with Gasteiger partial charge in [0, 0.05) is 29.6 Å². The number of aliphatic hydroxyl groups is 3. The first-order chi connectivity index (χ1) is 36.2. The minimum atomic E-state index is -2.05. The first-order valence-corrected chi connectivity index (χ1v) is 31.7. The highest BCUT2D eigenvalue weighted by Gasteiger charge is 2.89. The Morgan fingerprint density at radius 3 is 1.72 bits per heavy atom. The molecule has 76 heavy (non-hydrogen) atoms. The van der Waals surface area contributed by atoms with Crippen molar-refractivity contribution in [1.82, 2.24) is 0 Å². The van der Waals surface area contributed by atoms with Gasteiger partial charge in [0.05, 0.1) is 48.1 Å². The van der Waals surface area contributed by atoms with E-state index in [9.17, 15) is 25.2 Å². The van der Waals surface area contributed by atoms with Crippen molar-refractivity contribution in [3.05, 3.63) is 0 Å². The molecule has 0 aromatic carbocycles. The zero-order valence-electron chi connectivity index (χ0n) is 46.0. The minimum Gasteiger partial charge on any atom is -0.481 e. The van der Waals surface area contributed by atoms with Crippen LogP contribution in [0.4, 0.5) is 0 Å². The third-order valence-electron chi connectivity index (χ3n) is 31.7. The van der Waals surface area contributed by atoms with Crippen molar-refractivity contribution in [2.75, 3.05) is 0 Å². The van der Waals surface area contributed by atoms with Crippen molar-refractivity contribution >= 4 is 29.5 Å². The molecule has 0 aromatic heterocycles. The van der Waals surface area contributed by atoms with Crippen molar-refractivity contribution in [3.8, 4) is 0 Å². The Balaban J connectivity index is 0.981. The summed E-state index contributed by atoms with van der Waals surface area (Å²) in [6.45, 7) is 24.6. The van der Waals surface area contributed by atoms with Gasteiger partial charge in [-0.15, -0.1) is 0 Å². The lowest BCUT2D eigenvalue weighted by Crippen LogP contribution is -2.80. The molecule has 4 N–H and O–H groups in total. The molecule has 0 amide bonds. The largest absolute Gasteiger partial charge is 0.481 e. The Morgan fingerprint density at radius 2 is 1.08 bits per heavy atom. The second-order valence-electron chi connectivity index (χ2n) is 32.0. The molecule has 18 fully saturated rings. The number of hydrogen-bond acceptors (Lipinski definition) is 11. The number of Topliss-reactive ketones (excluding diaryl/α,β-unsaturated/α-hetero) is 2. The zero-order valence-corrected chi connectivity index (χ0v) is 46.0. The van der Waals surface area contributed by atoms with E-state index in [2.05, 4.69) is 69.2 Å². The molecule has 6 bridgehead atoms. The molecule has 18 aliphatic rings. The van der Waals surface area contributed by atoms with Crippen LogP contribution in [-0.4, -0.2) is 86.2 Å². The molecule has 3 saturated heterocycles. The number of carboxylic acid groups (broad SMARTS) is 1. The number of hydrogen-bond donors (Lipinski definition) is 4. The predicted octanol–water partition coefficient (Wildman–Crippen LogP) is 6.32. The van der Waals surface area contributed by atoms with Gasteiger partial charge < -0.3 is 34.6 Å². The van der Waals surface area contributed by atoms with Crippen LogP contribution in [0, 0.1) is 243 Å². The second-order valence-corrected chi connectivity index (χ2v) is 32.0. The van der Waals surface area contributed by atoms with Gasteiger partial charge in [-0.1, -0.05) is 75.7 Å². The Bertz CT molecular complexity index is 2710. The fraction of sp³-hybridized carbons (Fsp3) is 0.922. The Labute approximate surface area is 447 Å². The topological polar surface area (TPSA) is 194 Å². The van der Waals surface area contributed by atoms with Crippen LogP contribution in [-0.2, 0) is 38.2 Å². The molecule has 12 heteroatoms. The number of aliphatic carboxylic acids is 1. The van der Waals surface area contributed by atoms with Crippen molar-refractivity contribution in [2.24, 2.45) is 243 Å². The fourth-order valence-electron chi connectivity index (χ4n) is 31.1. The number of rotatable bonds is 4. The Kier molecular flexibility index (Phi) is 8.86. The van der Waals surface area contributed by atoms with Crippen LogP contribution in [0.3, 0.4) is 0 Å². The van der Waals surface area contributed by atoms with Gasteiger partial charge in [0.2, 0.25) is 5.79 Å². The highest BCUT2D eigenvalue weighted by Crippen LogP contribution is 2.87. The van der Waals surface area contributed by atoms with E-state index >= 15 is 19.2 Å². The second kappa shape index (κ2) is 14.2. The molecular formula is C64H84O12. The lowest BCUT2D eigenvalue weighted by Gasteiger charge is -2.78. The van der Waals surface area contributed by atoms with Gasteiger partial charge in [-0.25, -0.2) is 0 Å². The van der Waals surface area contributed by atoms with Crippen LogP contribution in [0.15, 0.2) is 0 Å². The molecule has 3 heterocycles. The van der Waals surface area contributed by atoms with E-state index in [4.69, 9.17) is 14.2 Å². The number of carbonyl (C=O) groups excluding carboxylic acids is 4. The van der Waals surface area contributed by atoms with E-state index in [1.54, 1.807) is 0 Å². The van der Waals surface area contributed by atoms with Crippen LogP contribution in [0.2, 0.25) is 0 Å². The maximum atomic E-state index is 16.3. The maximum Gasteiger partial charge on any atom is 0.314 e. The zero-order chi connectivity index (χ0) is 52.5. The third kappa shape index (κ3) is 4.53. The first-order valence-electron chi connectivity index (χ1n) is 31.7. The van der Waals surface area contributed by atoms with Crippen molar-refractivity contribution in [2.45, 2.75) is 118 Å². The van der Waals surface area contributed by atoms with Gasteiger partial charge in [0.1, 0.15) is 17.8 Å². The standard InChI is InChI=1S/C64H84O12/c1-11-14(4)24-27-16(6)18(8)28-29-17(7)15(5)26-23(13(2)3)19(9)25-20(10)55(66)50-41-32(25)33(26)36(29)40-37-35(28)34(27)39-38(37)43-45-30-21(12-22(65)53(30)64(73)54(43)49(63(72)76-64)44(39)56(24)67)31-46-42-48(51(57(31)68)61(69)70)62(71)75-60(50)52(42)59(47(40)41)74-58(45)46/h13-54,56,58-60,65,67,73H,11-12H2,1-10H3,(H,69,70). The molecular weight excluding hydrogens is 961 g/mol. The summed E-state index contributed by atoms with van der Waals surface area (Å²) in [6, 6.07) is 0. The quantitative estimate of drug-likeness (QED) is 0.181. The van der Waals surface area contributed by atoms with E-state index in [1.807, 2.05) is 0 Å². The number of aliphatic hydroxyl groups excluding tert-OH is 2. The number of carbonyl (C=O) groups is 5. The van der Waals surface area contributed by atoms with Gasteiger partial charge in [-0.3, -0.25) is 24.0 Å². The molecule has 46 atom stereocenters. The highest BCUT2D eigenvalue weighted by atomic mass is 16.7. The molecule has 0 radical (unpaired) electrons. The van der Waals surface area contributed by atoms with Crippen LogP contribution in [0.25, 0.3) is 0 Å². The molecule has 412 valence electrons. The minimum absolute atomic E-state index is 0.00730. The summed E-state index contributed by atoms with van der Waals surface area (Å²) < 4.78 is 22.0. The molecule has 3 aliphatic heterocycles. The van der Waals surface area contributed by atoms with E-state index < -0.39 is 137 Å². The number of carboxylic acids is 1. The Hall–Kier alpha value is -2.41. The Morgan fingerprint density at radius 1 is 0.539 bits per heavy atom. The SMILES string of the molecule is CCC(C)C1C(O)C2C3C(=O)OC4(O)C5C(O)CC6C7C(=O)C(C(=O)O)C8C(=O)OC9C%10C(=O)C(C)C%11C(C)C(C(C)C)C%12C(C)C(C)C%13C%14C(C)C(C)C1C1C2C2C(C%141)C1C(C%14OC(C7C8C9%14)C(C65)C2C34)C%10C%11C%12C%131. The number of ketones is 2. The molecule has 0 aromatic rings. The number of ether oxygens (including phenoxy) is 3. The molecule has 0 spiro atoms. The fourth-order valence-corrected chi connectivity index (χ4v) is 31.1. The van der Waals surface area contributed by atoms with Crippen molar-refractivity contribution < 1.29 is 58.6 Å². The molecule has 15 saturated carbocycles. The number of fused-ring (bicyclic) bond motifs is 5. The van der Waals surface area contributed by atoms with Crippen LogP contribution < -0.4 is 0 Å². The van der Waals surface area contributed by atoms with E-state index in [0.717, 1.165) is 6.42 Å². The predicted molar refractivity (Wildman–Crippen MR) is 268 cm³/mol. The summed E-state index contributed by atoms with van der Waals surface area (Å²) in [5.74, 6) is -9.26. The summed E-state index contributed by atoms with van der Waals surface area (Å²) in [5.41, 5.74) is 0. The van der Waals surface area contributed by atoms with Gasteiger partial charge in [0.15, 0.2) is 5.78 Å². The molecule has 12 nitrogen and oxygen atoms in total. The smallest absolute Gasteiger partial charge is 0.314 e. The molecule has 15 aliphatic carbocycles. The highest BCUT2D eigenvalue weighted by molar-refractivity contribution is 6.04. The summed E-state index contributed by atoms with van der Waals surface area (Å²) >= 11 is 0. The van der Waals surface area contributed by atoms with Crippen molar-refractivity contribution in [3.63, 3.8) is 0 Å². The first kappa shape index (κ1) is 47.3. The summed E-state index contributed by atoms with van der Waals surface area (Å²) in [5, 5.41) is 51.9. The van der Waals surface area contributed by atoms with E-state index in [0.29, 0.717) is 76.9 Å². The van der Waals surface area contributed by atoms with Gasteiger partial charge in [0.25, 0.3) is 0 Å². The van der Waals surface area contributed by atoms with Gasteiger partial charge in [-0.05, 0) is 190 Å². The normalized spacial score (nSPS) is 70.1. The van der Waals surface area contributed by atoms with Gasteiger partial charge in [-0.2, -0.15) is 0 Å².